The number of likely N-dealkylation sites (N-methyl/N-ethyl adjacent to an activating group) is 1. The van der Waals surface area contributed by atoms with E-state index < -0.39 is 0 Å². The highest BCUT2D eigenvalue weighted by Gasteiger charge is 2.12. The molecule has 0 aliphatic heterocycles. The Hall–Kier alpha value is -2.10. The van der Waals surface area contributed by atoms with Gasteiger partial charge in [-0.05, 0) is 37.4 Å². The summed E-state index contributed by atoms with van der Waals surface area (Å²) in [5, 5.41) is 3.59. The van der Waals surface area contributed by atoms with Crippen LogP contribution >= 0.6 is 11.6 Å². The van der Waals surface area contributed by atoms with E-state index in [-0.39, 0.29) is 5.91 Å². The Morgan fingerprint density at radius 1 is 1.09 bits per heavy atom. The van der Waals surface area contributed by atoms with Crippen molar-refractivity contribution in [3.8, 4) is 0 Å². The summed E-state index contributed by atoms with van der Waals surface area (Å²) in [6, 6.07) is 17.1. The van der Waals surface area contributed by atoms with Gasteiger partial charge in [0.25, 0.3) is 5.91 Å². The molecule has 2 aromatic carbocycles. The summed E-state index contributed by atoms with van der Waals surface area (Å²) in [5.41, 5.74) is 2.31. The van der Waals surface area contributed by atoms with E-state index in [2.05, 4.69) is 5.32 Å². The number of nitrogens with zero attached hydrogens (tertiary/aromatic N) is 1. The van der Waals surface area contributed by atoms with Crippen molar-refractivity contribution in [2.24, 2.45) is 0 Å². The van der Waals surface area contributed by atoms with Gasteiger partial charge in [0.15, 0.2) is 0 Å². The topological polar surface area (TPSA) is 32.3 Å². The number of hydrogen-bond donors (Lipinski definition) is 1. The number of hydrogen-bond acceptors (Lipinski definition) is 2. The fraction of sp³-hybridized carbons (Fsp3) is 0.211. The molecule has 2 aromatic rings. The number of nitrogens with one attached hydrogen (secondary N) is 1. The third kappa shape index (κ3) is 5.23. The average molecular weight is 329 g/mol. The second kappa shape index (κ2) is 8.51. The van der Waals surface area contributed by atoms with Gasteiger partial charge >= 0.3 is 0 Å². The summed E-state index contributed by atoms with van der Waals surface area (Å²) in [5.74, 6) is -0.0991. The molecule has 3 nitrogen and oxygen atoms in total. The molecule has 0 radical (unpaired) electrons. The van der Waals surface area contributed by atoms with Gasteiger partial charge in [-0.2, -0.15) is 0 Å². The first-order valence-corrected chi connectivity index (χ1v) is 7.90. The number of rotatable bonds is 6. The minimum Gasteiger partial charge on any atom is -0.351 e. The third-order valence-electron chi connectivity index (χ3n) is 3.38. The maximum atomic E-state index is 12.6. The number of benzene rings is 2. The lowest BCUT2D eigenvalue weighted by atomic mass is 10.0. The predicted molar refractivity (Wildman–Crippen MR) is 97.3 cm³/mol. The molecular formula is C19H21ClN2O. The molecule has 0 bridgehead atoms. The number of amides is 1. The Bertz CT molecular complexity index is 681. The van der Waals surface area contributed by atoms with E-state index in [4.69, 9.17) is 11.6 Å². The van der Waals surface area contributed by atoms with E-state index in [1.807, 2.05) is 79.7 Å². The summed E-state index contributed by atoms with van der Waals surface area (Å²) in [6.07, 6.45) is 1.84. The maximum absolute atomic E-state index is 12.6. The summed E-state index contributed by atoms with van der Waals surface area (Å²) in [7, 11) is 3.95. The second-order valence-corrected chi connectivity index (χ2v) is 5.91. The van der Waals surface area contributed by atoms with Crippen LogP contribution in [-0.2, 0) is 4.79 Å². The Kier molecular flexibility index (Phi) is 6.39. The van der Waals surface area contributed by atoms with Crippen molar-refractivity contribution in [3.05, 3.63) is 70.7 Å². The molecule has 0 unspecified atom stereocenters. The normalized spacial score (nSPS) is 11.6. The van der Waals surface area contributed by atoms with E-state index in [1.165, 1.54) is 0 Å². The highest BCUT2D eigenvalue weighted by molar-refractivity contribution is 6.33. The molecule has 0 heterocycles. The second-order valence-electron chi connectivity index (χ2n) is 5.50. The molecular weight excluding hydrogens is 308 g/mol. The molecule has 0 saturated heterocycles. The van der Waals surface area contributed by atoms with Crippen LogP contribution in [0.5, 0.6) is 0 Å². The first kappa shape index (κ1) is 17.3. The molecule has 0 spiro atoms. The van der Waals surface area contributed by atoms with Crippen LogP contribution in [-0.4, -0.2) is 38.0 Å². The Morgan fingerprint density at radius 2 is 1.74 bits per heavy atom. The lowest BCUT2D eigenvalue weighted by Crippen LogP contribution is -2.31. The molecule has 120 valence electrons. The molecule has 0 aliphatic rings. The van der Waals surface area contributed by atoms with Crippen LogP contribution in [0.2, 0.25) is 5.02 Å². The smallest absolute Gasteiger partial charge is 0.251 e. The maximum Gasteiger partial charge on any atom is 0.251 e. The van der Waals surface area contributed by atoms with Gasteiger partial charge in [-0.25, -0.2) is 0 Å². The van der Waals surface area contributed by atoms with Crippen LogP contribution in [0.4, 0.5) is 0 Å². The molecule has 2 rings (SSSR count). The van der Waals surface area contributed by atoms with Crippen molar-refractivity contribution in [2.75, 3.05) is 27.2 Å². The van der Waals surface area contributed by atoms with Gasteiger partial charge in [-0.3, -0.25) is 4.79 Å². The SMILES string of the molecule is CN(C)CCNC(=O)/C(=C/c1ccccc1Cl)c1ccccc1. The van der Waals surface area contributed by atoms with Gasteiger partial charge < -0.3 is 10.2 Å². The molecule has 0 fully saturated rings. The summed E-state index contributed by atoms with van der Waals surface area (Å²) in [4.78, 5) is 14.6. The fourth-order valence-electron chi connectivity index (χ4n) is 2.13. The molecule has 0 saturated carbocycles. The minimum absolute atomic E-state index is 0.0991. The monoisotopic (exact) mass is 328 g/mol. The van der Waals surface area contributed by atoms with E-state index >= 15 is 0 Å². The van der Waals surface area contributed by atoms with Gasteiger partial charge in [0.05, 0.1) is 0 Å². The summed E-state index contributed by atoms with van der Waals surface area (Å²) >= 11 is 6.22. The first-order valence-electron chi connectivity index (χ1n) is 7.52. The lowest BCUT2D eigenvalue weighted by Gasteiger charge is -2.13. The minimum atomic E-state index is -0.0991. The van der Waals surface area contributed by atoms with Gasteiger partial charge in [0.2, 0.25) is 0 Å². The van der Waals surface area contributed by atoms with Crippen LogP contribution in [0.25, 0.3) is 11.6 Å². The van der Waals surface area contributed by atoms with Crippen LogP contribution < -0.4 is 5.32 Å². The van der Waals surface area contributed by atoms with Crippen molar-refractivity contribution in [1.82, 2.24) is 10.2 Å². The molecule has 0 aliphatic carbocycles. The quantitative estimate of drug-likeness (QED) is 0.649. The van der Waals surface area contributed by atoms with Crippen molar-refractivity contribution < 1.29 is 4.79 Å². The fourth-order valence-corrected chi connectivity index (χ4v) is 2.32. The van der Waals surface area contributed by atoms with Crippen LogP contribution in [0, 0.1) is 0 Å². The summed E-state index contributed by atoms with van der Waals surface area (Å²) < 4.78 is 0. The lowest BCUT2D eigenvalue weighted by molar-refractivity contribution is -0.115. The zero-order valence-corrected chi connectivity index (χ0v) is 14.2. The Labute approximate surface area is 142 Å². The van der Waals surface area contributed by atoms with Crippen LogP contribution in [0.1, 0.15) is 11.1 Å². The molecule has 1 amide bonds. The number of carbonyl (C=O) groups is 1. The average Bonchev–Trinajstić information content (AvgIpc) is 2.54. The van der Waals surface area contributed by atoms with Crippen LogP contribution in [0.15, 0.2) is 54.6 Å². The standard InChI is InChI=1S/C19H21ClN2O/c1-22(2)13-12-21-19(23)17(15-8-4-3-5-9-15)14-16-10-6-7-11-18(16)20/h3-11,14H,12-13H2,1-2H3,(H,21,23)/b17-14+. The number of carbonyl (C=O) groups excluding carboxylic acids is 1. The largest absolute Gasteiger partial charge is 0.351 e. The molecule has 4 heteroatoms. The Balaban J connectivity index is 2.29. The van der Waals surface area contributed by atoms with E-state index in [0.717, 1.165) is 17.7 Å². The summed E-state index contributed by atoms with van der Waals surface area (Å²) in [6.45, 7) is 1.39. The van der Waals surface area contributed by atoms with Crippen LogP contribution in [0.3, 0.4) is 0 Å². The van der Waals surface area contributed by atoms with E-state index in [0.29, 0.717) is 17.1 Å². The third-order valence-corrected chi connectivity index (χ3v) is 3.72. The van der Waals surface area contributed by atoms with E-state index in [1.54, 1.807) is 0 Å². The first-order chi connectivity index (χ1) is 11.1. The van der Waals surface area contributed by atoms with E-state index in [9.17, 15) is 4.79 Å². The molecule has 1 N–H and O–H groups in total. The zero-order valence-electron chi connectivity index (χ0n) is 13.4. The predicted octanol–water partition coefficient (Wildman–Crippen LogP) is 3.56. The van der Waals surface area contributed by atoms with Crippen molar-refractivity contribution >= 4 is 29.2 Å². The molecule has 23 heavy (non-hydrogen) atoms. The highest BCUT2D eigenvalue weighted by atomic mass is 35.5. The van der Waals surface area contributed by atoms with Gasteiger partial charge in [-0.15, -0.1) is 0 Å². The molecule has 0 atom stereocenters. The van der Waals surface area contributed by atoms with Gasteiger partial charge in [-0.1, -0.05) is 60.1 Å². The van der Waals surface area contributed by atoms with Crippen molar-refractivity contribution in [1.29, 1.82) is 0 Å². The molecule has 0 aromatic heterocycles. The highest BCUT2D eigenvalue weighted by Crippen LogP contribution is 2.23. The zero-order chi connectivity index (χ0) is 16.7. The van der Waals surface area contributed by atoms with Gasteiger partial charge in [0.1, 0.15) is 0 Å². The van der Waals surface area contributed by atoms with Crippen molar-refractivity contribution in [2.45, 2.75) is 0 Å². The Morgan fingerprint density at radius 3 is 2.39 bits per heavy atom. The number of halogens is 1. The van der Waals surface area contributed by atoms with Crippen molar-refractivity contribution in [3.63, 3.8) is 0 Å². The van der Waals surface area contributed by atoms with Gasteiger partial charge in [0, 0.05) is 23.7 Å².